The molecule has 1 saturated heterocycles. The molecule has 3 nitrogen and oxygen atoms in total. The molecule has 1 aliphatic heterocycles. The number of halogens is 3. The molecule has 0 spiro atoms. The lowest BCUT2D eigenvalue weighted by atomic mass is 10.00. The number of nitrogens with zero attached hydrogens (tertiary/aromatic N) is 1. The van der Waals surface area contributed by atoms with Crippen molar-refractivity contribution in [2.24, 2.45) is 5.92 Å². The van der Waals surface area contributed by atoms with Crippen molar-refractivity contribution in [3.05, 3.63) is 65.7 Å². The summed E-state index contributed by atoms with van der Waals surface area (Å²) in [6.07, 6.45) is -4.69. The Morgan fingerprint density at radius 1 is 1.00 bits per heavy atom. The van der Waals surface area contributed by atoms with E-state index in [1.165, 1.54) is 12.1 Å². The van der Waals surface area contributed by atoms with E-state index in [2.05, 4.69) is 0 Å². The average molecular weight is 369 g/mol. The van der Waals surface area contributed by atoms with Gasteiger partial charge in [-0.1, -0.05) is 48.0 Å². The molecule has 25 heavy (non-hydrogen) atoms. The molecule has 1 heterocycles. The van der Waals surface area contributed by atoms with Gasteiger partial charge in [0.25, 0.3) is 0 Å². The summed E-state index contributed by atoms with van der Waals surface area (Å²) in [7, 11) is -4.01. The van der Waals surface area contributed by atoms with Crippen molar-refractivity contribution in [2.45, 2.75) is 30.5 Å². The van der Waals surface area contributed by atoms with Crippen LogP contribution in [0.4, 0.5) is 13.2 Å². The molecule has 0 aliphatic carbocycles. The molecular formula is C18H18F3NO2S. The van der Waals surface area contributed by atoms with E-state index in [9.17, 15) is 21.6 Å². The van der Waals surface area contributed by atoms with E-state index in [0.717, 1.165) is 9.87 Å². The second-order valence-electron chi connectivity index (χ2n) is 6.29. The molecule has 0 N–H and O–H groups in total. The van der Waals surface area contributed by atoms with Gasteiger partial charge < -0.3 is 0 Å². The Labute approximate surface area is 145 Å². The highest BCUT2D eigenvalue weighted by Crippen LogP contribution is 2.45. The monoisotopic (exact) mass is 369 g/mol. The van der Waals surface area contributed by atoms with Crippen LogP contribution in [0.3, 0.4) is 0 Å². The maximum absolute atomic E-state index is 13.2. The Balaban J connectivity index is 2.02. The van der Waals surface area contributed by atoms with Crippen molar-refractivity contribution in [3.63, 3.8) is 0 Å². The summed E-state index contributed by atoms with van der Waals surface area (Å²) >= 11 is 0. The third-order valence-corrected chi connectivity index (χ3v) is 6.42. The fraction of sp³-hybridized carbons (Fsp3) is 0.333. The minimum atomic E-state index is -4.43. The van der Waals surface area contributed by atoms with Crippen LogP contribution in [0.2, 0.25) is 0 Å². The smallest absolute Gasteiger partial charge is 0.207 e. The summed E-state index contributed by atoms with van der Waals surface area (Å²) in [4.78, 5) is 0.0156. The molecule has 134 valence electrons. The molecule has 0 radical (unpaired) electrons. The topological polar surface area (TPSA) is 37.4 Å². The first-order chi connectivity index (χ1) is 11.7. The van der Waals surface area contributed by atoms with E-state index in [1.54, 1.807) is 42.5 Å². The van der Waals surface area contributed by atoms with Crippen molar-refractivity contribution in [1.29, 1.82) is 0 Å². The number of hydrogen-bond acceptors (Lipinski definition) is 2. The normalized spacial score (nSPS) is 22.2. The number of hydrogen-bond donors (Lipinski definition) is 0. The van der Waals surface area contributed by atoms with Gasteiger partial charge in [0.2, 0.25) is 10.0 Å². The second kappa shape index (κ2) is 6.46. The summed E-state index contributed by atoms with van der Waals surface area (Å²) in [5.74, 6) is -1.67. The number of sulfonamides is 1. The molecule has 7 heteroatoms. The van der Waals surface area contributed by atoms with Gasteiger partial charge in [0.1, 0.15) is 0 Å². The van der Waals surface area contributed by atoms with Gasteiger partial charge >= 0.3 is 6.18 Å². The van der Waals surface area contributed by atoms with E-state index in [4.69, 9.17) is 0 Å². The maximum Gasteiger partial charge on any atom is 0.393 e. The zero-order valence-corrected chi connectivity index (χ0v) is 14.4. The lowest BCUT2D eigenvalue weighted by Crippen LogP contribution is -2.33. The highest BCUT2D eigenvalue weighted by molar-refractivity contribution is 7.89. The molecule has 1 aliphatic rings. The number of rotatable bonds is 3. The summed E-state index contributed by atoms with van der Waals surface area (Å²) < 4.78 is 66.6. The zero-order chi connectivity index (χ0) is 18.2. The van der Waals surface area contributed by atoms with Gasteiger partial charge in [0, 0.05) is 6.54 Å². The predicted molar refractivity (Wildman–Crippen MR) is 88.4 cm³/mol. The Morgan fingerprint density at radius 3 is 2.16 bits per heavy atom. The van der Waals surface area contributed by atoms with Gasteiger partial charge in [-0.2, -0.15) is 17.5 Å². The fourth-order valence-corrected chi connectivity index (χ4v) is 4.80. The number of benzene rings is 2. The molecule has 2 atom stereocenters. The van der Waals surface area contributed by atoms with Crippen LogP contribution in [0.1, 0.15) is 23.6 Å². The van der Waals surface area contributed by atoms with Crippen LogP contribution in [0.15, 0.2) is 59.5 Å². The first kappa shape index (κ1) is 17.9. The first-order valence-electron chi connectivity index (χ1n) is 7.90. The van der Waals surface area contributed by atoms with Crippen LogP contribution in [0.5, 0.6) is 0 Å². The van der Waals surface area contributed by atoms with Crippen LogP contribution >= 0.6 is 0 Å². The highest BCUT2D eigenvalue weighted by Gasteiger charge is 2.51. The quantitative estimate of drug-likeness (QED) is 0.809. The molecule has 2 aromatic rings. The minimum Gasteiger partial charge on any atom is -0.207 e. The summed E-state index contributed by atoms with van der Waals surface area (Å²) in [5, 5.41) is 0. The minimum absolute atomic E-state index is 0.0156. The Hall–Kier alpha value is -1.86. The van der Waals surface area contributed by atoms with Crippen molar-refractivity contribution in [3.8, 4) is 0 Å². The van der Waals surface area contributed by atoms with Gasteiger partial charge in [0.15, 0.2) is 0 Å². The molecule has 2 aromatic carbocycles. The fourth-order valence-electron chi connectivity index (χ4n) is 3.13. The van der Waals surface area contributed by atoms with Crippen LogP contribution in [-0.2, 0) is 10.0 Å². The van der Waals surface area contributed by atoms with E-state index in [1.807, 2.05) is 6.92 Å². The molecule has 3 rings (SSSR count). The van der Waals surface area contributed by atoms with Crippen molar-refractivity contribution in [1.82, 2.24) is 4.31 Å². The molecule has 0 unspecified atom stereocenters. The van der Waals surface area contributed by atoms with Gasteiger partial charge in [-0.3, -0.25) is 0 Å². The largest absolute Gasteiger partial charge is 0.393 e. The third-order valence-electron chi connectivity index (χ3n) is 4.53. The molecule has 0 bridgehead atoms. The van der Waals surface area contributed by atoms with E-state index >= 15 is 0 Å². The van der Waals surface area contributed by atoms with Gasteiger partial charge in [-0.25, -0.2) is 8.42 Å². The van der Waals surface area contributed by atoms with E-state index in [-0.39, 0.29) is 11.3 Å². The summed E-state index contributed by atoms with van der Waals surface area (Å²) in [5.41, 5.74) is 1.46. The zero-order valence-electron chi connectivity index (χ0n) is 13.6. The van der Waals surface area contributed by atoms with Crippen molar-refractivity contribution >= 4 is 10.0 Å². The Morgan fingerprint density at radius 2 is 1.60 bits per heavy atom. The molecule has 0 aromatic heterocycles. The van der Waals surface area contributed by atoms with Crippen LogP contribution < -0.4 is 0 Å². The van der Waals surface area contributed by atoms with E-state index < -0.39 is 34.7 Å². The number of aryl methyl sites for hydroxylation is 1. The molecule has 1 fully saturated rings. The maximum atomic E-state index is 13.2. The Bertz CT molecular complexity index is 833. The van der Waals surface area contributed by atoms with Crippen LogP contribution in [0, 0.1) is 12.8 Å². The Kier molecular flexibility index (Phi) is 4.64. The molecule has 0 amide bonds. The van der Waals surface area contributed by atoms with Crippen molar-refractivity contribution < 1.29 is 21.6 Å². The highest BCUT2D eigenvalue weighted by atomic mass is 32.2. The third kappa shape index (κ3) is 3.57. The SMILES string of the molecule is Cc1ccc(S(=O)(=O)N2C[C@H](C(F)(F)F)C[C@H]2c2ccccc2)cc1. The average Bonchev–Trinajstić information content (AvgIpc) is 3.02. The lowest BCUT2D eigenvalue weighted by Gasteiger charge is -2.24. The van der Waals surface area contributed by atoms with Gasteiger partial charge in [0.05, 0.1) is 16.9 Å². The lowest BCUT2D eigenvalue weighted by molar-refractivity contribution is -0.169. The number of alkyl halides is 3. The molecular weight excluding hydrogens is 351 g/mol. The second-order valence-corrected chi connectivity index (χ2v) is 8.18. The van der Waals surface area contributed by atoms with Crippen LogP contribution in [0.25, 0.3) is 0 Å². The van der Waals surface area contributed by atoms with Crippen molar-refractivity contribution in [2.75, 3.05) is 6.54 Å². The summed E-state index contributed by atoms with van der Waals surface area (Å²) in [6.45, 7) is 1.26. The predicted octanol–water partition coefficient (Wildman–Crippen LogP) is 4.31. The first-order valence-corrected chi connectivity index (χ1v) is 9.34. The standard InChI is InChI=1S/C18H18F3NO2S/c1-13-7-9-16(10-8-13)25(23,24)22-12-15(18(19,20)21)11-17(22)14-5-3-2-4-6-14/h2-10,15,17H,11-12H2,1H3/t15-,17+/m1/s1. The molecule has 0 saturated carbocycles. The van der Waals surface area contributed by atoms with Crippen LogP contribution in [-0.4, -0.2) is 25.4 Å². The van der Waals surface area contributed by atoms with Gasteiger partial charge in [-0.05, 0) is 31.0 Å². The van der Waals surface area contributed by atoms with Gasteiger partial charge in [-0.15, -0.1) is 0 Å². The van der Waals surface area contributed by atoms with E-state index in [0.29, 0.717) is 5.56 Å². The summed E-state index contributed by atoms with van der Waals surface area (Å²) in [6, 6.07) is 13.8.